The summed E-state index contributed by atoms with van der Waals surface area (Å²) in [5.41, 5.74) is 1.69. The Morgan fingerprint density at radius 1 is 1.38 bits per heavy atom. The fraction of sp³-hybridized carbons (Fsp3) is 0.167. The molecule has 0 fully saturated rings. The minimum Gasteiger partial charge on any atom is -0.323 e. The van der Waals surface area contributed by atoms with Crippen LogP contribution in [0.3, 0.4) is 0 Å². The van der Waals surface area contributed by atoms with Gasteiger partial charge in [0.05, 0.1) is 23.8 Å². The largest absolute Gasteiger partial charge is 0.323 e. The number of nitrogens with zero attached hydrogens (tertiary/aromatic N) is 2. The molecule has 0 aliphatic rings. The van der Waals surface area contributed by atoms with Gasteiger partial charge in [0.15, 0.2) is 0 Å². The standard InChI is InChI=1S/C12H13N3O/c1-2-12(16)14-10-8-13-15(9-10)11-6-4-3-5-7-11/h3-9H,2H2,1H3,(H,14,16). The molecule has 1 N–H and O–H groups in total. The molecule has 1 aromatic heterocycles. The van der Waals surface area contributed by atoms with Gasteiger partial charge in [-0.15, -0.1) is 0 Å². The van der Waals surface area contributed by atoms with Crippen LogP contribution in [0.1, 0.15) is 13.3 Å². The summed E-state index contributed by atoms with van der Waals surface area (Å²) in [6.45, 7) is 1.82. The van der Waals surface area contributed by atoms with Crippen molar-refractivity contribution in [3.8, 4) is 5.69 Å². The lowest BCUT2D eigenvalue weighted by Gasteiger charge is -2.00. The van der Waals surface area contributed by atoms with Crippen LogP contribution in [0, 0.1) is 0 Å². The summed E-state index contributed by atoms with van der Waals surface area (Å²) in [6.07, 6.45) is 3.90. The van der Waals surface area contributed by atoms with E-state index in [4.69, 9.17) is 0 Å². The van der Waals surface area contributed by atoms with Crippen LogP contribution in [0.15, 0.2) is 42.7 Å². The van der Waals surface area contributed by atoms with E-state index in [1.54, 1.807) is 17.1 Å². The van der Waals surface area contributed by atoms with Crippen LogP contribution in [0.5, 0.6) is 0 Å². The number of hydrogen-bond donors (Lipinski definition) is 1. The van der Waals surface area contributed by atoms with Gasteiger partial charge in [-0.3, -0.25) is 4.79 Å². The van der Waals surface area contributed by atoms with Crippen LogP contribution in [-0.4, -0.2) is 15.7 Å². The summed E-state index contributed by atoms with van der Waals surface area (Å²) in [6, 6.07) is 9.76. The van der Waals surface area contributed by atoms with Crippen molar-refractivity contribution in [3.63, 3.8) is 0 Å². The molecule has 0 atom stereocenters. The molecule has 0 unspecified atom stereocenters. The van der Waals surface area contributed by atoms with Gasteiger partial charge >= 0.3 is 0 Å². The predicted molar refractivity (Wildman–Crippen MR) is 62.5 cm³/mol. The molecule has 16 heavy (non-hydrogen) atoms. The van der Waals surface area contributed by atoms with Gasteiger partial charge in [-0.05, 0) is 12.1 Å². The van der Waals surface area contributed by atoms with E-state index in [-0.39, 0.29) is 5.91 Å². The molecule has 4 heteroatoms. The SMILES string of the molecule is CCC(=O)Nc1cnn(-c2ccccc2)c1. The molecule has 1 aromatic carbocycles. The van der Waals surface area contributed by atoms with E-state index in [9.17, 15) is 4.79 Å². The van der Waals surface area contributed by atoms with Gasteiger partial charge in [-0.25, -0.2) is 4.68 Å². The Kier molecular flexibility index (Phi) is 3.00. The number of anilines is 1. The number of amides is 1. The van der Waals surface area contributed by atoms with Gasteiger partial charge in [0.2, 0.25) is 5.91 Å². The van der Waals surface area contributed by atoms with E-state index >= 15 is 0 Å². The first-order valence-corrected chi connectivity index (χ1v) is 5.19. The predicted octanol–water partition coefficient (Wildman–Crippen LogP) is 2.22. The molecule has 0 spiro atoms. The summed E-state index contributed by atoms with van der Waals surface area (Å²) in [4.78, 5) is 11.2. The van der Waals surface area contributed by atoms with Crippen LogP contribution >= 0.6 is 0 Å². The highest BCUT2D eigenvalue weighted by Gasteiger charge is 2.02. The van der Waals surface area contributed by atoms with Crippen LogP contribution in [0.25, 0.3) is 5.69 Å². The zero-order valence-corrected chi connectivity index (χ0v) is 9.05. The quantitative estimate of drug-likeness (QED) is 0.853. The number of hydrogen-bond acceptors (Lipinski definition) is 2. The minimum absolute atomic E-state index is 0.00684. The highest BCUT2D eigenvalue weighted by Crippen LogP contribution is 2.11. The van der Waals surface area contributed by atoms with Crippen molar-refractivity contribution in [1.29, 1.82) is 0 Å². The summed E-state index contributed by atoms with van der Waals surface area (Å²) >= 11 is 0. The lowest BCUT2D eigenvalue weighted by atomic mass is 10.3. The van der Waals surface area contributed by atoms with E-state index in [0.29, 0.717) is 6.42 Å². The molecule has 0 radical (unpaired) electrons. The van der Waals surface area contributed by atoms with Crippen molar-refractivity contribution >= 4 is 11.6 Å². The van der Waals surface area contributed by atoms with Crippen molar-refractivity contribution in [1.82, 2.24) is 9.78 Å². The Morgan fingerprint density at radius 3 is 2.81 bits per heavy atom. The maximum atomic E-state index is 11.2. The van der Waals surface area contributed by atoms with Crippen molar-refractivity contribution in [2.24, 2.45) is 0 Å². The third kappa shape index (κ3) is 2.28. The molecule has 1 amide bonds. The molecule has 0 saturated carbocycles. The Morgan fingerprint density at radius 2 is 2.12 bits per heavy atom. The smallest absolute Gasteiger partial charge is 0.224 e. The van der Waals surface area contributed by atoms with Gasteiger partial charge < -0.3 is 5.32 Å². The second kappa shape index (κ2) is 4.61. The van der Waals surface area contributed by atoms with Crippen molar-refractivity contribution < 1.29 is 4.79 Å². The number of carbonyl (C=O) groups excluding carboxylic acids is 1. The van der Waals surface area contributed by atoms with Gasteiger partial charge in [0, 0.05) is 6.42 Å². The van der Waals surface area contributed by atoms with Crippen molar-refractivity contribution in [2.75, 3.05) is 5.32 Å². The number of nitrogens with one attached hydrogen (secondary N) is 1. The zero-order chi connectivity index (χ0) is 11.4. The number of aromatic nitrogens is 2. The fourth-order valence-electron chi connectivity index (χ4n) is 1.36. The van der Waals surface area contributed by atoms with Gasteiger partial charge in [-0.2, -0.15) is 5.10 Å². The van der Waals surface area contributed by atoms with Crippen LogP contribution in [0.2, 0.25) is 0 Å². The molecule has 0 saturated heterocycles. The first kappa shape index (κ1) is 10.4. The van der Waals surface area contributed by atoms with Crippen LogP contribution in [0.4, 0.5) is 5.69 Å². The van der Waals surface area contributed by atoms with Gasteiger partial charge in [-0.1, -0.05) is 25.1 Å². The summed E-state index contributed by atoms with van der Waals surface area (Å²) < 4.78 is 1.73. The maximum absolute atomic E-state index is 11.2. The van der Waals surface area contributed by atoms with Crippen molar-refractivity contribution in [2.45, 2.75) is 13.3 Å². The molecule has 0 bridgehead atoms. The molecular weight excluding hydrogens is 202 g/mol. The van der Waals surface area contributed by atoms with Crippen LogP contribution < -0.4 is 5.32 Å². The molecule has 0 aliphatic carbocycles. The molecule has 2 rings (SSSR count). The Labute approximate surface area is 93.9 Å². The molecular formula is C12H13N3O. The molecule has 2 aromatic rings. The second-order valence-corrected chi connectivity index (χ2v) is 3.41. The lowest BCUT2D eigenvalue weighted by molar-refractivity contribution is -0.115. The van der Waals surface area contributed by atoms with Crippen molar-refractivity contribution in [3.05, 3.63) is 42.7 Å². The highest BCUT2D eigenvalue weighted by atomic mass is 16.1. The third-order valence-electron chi connectivity index (χ3n) is 2.21. The van der Waals surface area contributed by atoms with E-state index < -0.39 is 0 Å². The van der Waals surface area contributed by atoms with E-state index in [2.05, 4.69) is 10.4 Å². The molecule has 1 heterocycles. The minimum atomic E-state index is -0.00684. The molecule has 4 nitrogen and oxygen atoms in total. The average molecular weight is 215 g/mol. The zero-order valence-electron chi connectivity index (χ0n) is 9.05. The Bertz CT molecular complexity index is 476. The monoisotopic (exact) mass is 215 g/mol. The molecule has 0 aliphatic heterocycles. The number of carbonyl (C=O) groups is 1. The first-order valence-electron chi connectivity index (χ1n) is 5.19. The number of rotatable bonds is 3. The summed E-state index contributed by atoms with van der Waals surface area (Å²) in [5, 5.41) is 6.94. The number of benzene rings is 1. The maximum Gasteiger partial charge on any atom is 0.224 e. The Hall–Kier alpha value is -2.10. The van der Waals surface area contributed by atoms with E-state index in [1.165, 1.54) is 0 Å². The second-order valence-electron chi connectivity index (χ2n) is 3.41. The molecule has 82 valence electrons. The summed E-state index contributed by atoms with van der Waals surface area (Å²) in [7, 11) is 0. The van der Waals surface area contributed by atoms with E-state index in [0.717, 1.165) is 11.4 Å². The van der Waals surface area contributed by atoms with Crippen LogP contribution in [-0.2, 0) is 4.79 Å². The first-order chi connectivity index (χ1) is 7.79. The normalized spacial score (nSPS) is 10.1. The lowest BCUT2D eigenvalue weighted by Crippen LogP contribution is -2.08. The average Bonchev–Trinajstić information content (AvgIpc) is 2.78. The fourth-order valence-corrected chi connectivity index (χ4v) is 1.36. The third-order valence-corrected chi connectivity index (χ3v) is 2.21. The van der Waals surface area contributed by atoms with E-state index in [1.807, 2.05) is 37.3 Å². The summed E-state index contributed by atoms with van der Waals surface area (Å²) in [5.74, 6) is -0.00684. The Balaban J connectivity index is 2.17. The van der Waals surface area contributed by atoms with Gasteiger partial charge in [0.1, 0.15) is 0 Å². The topological polar surface area (TPSA) is 46.9 Å². The van der Waals surface area contributed by atoms with Gasteiger partial charge in [0.25, 0.3) is 0 Å². The number of para-hydroxylation sites is 1. The highest BCUT2D eigenvalue weighted by molar-refractivity contribution is 5.90.